The summed E-state index contributed by atoms with van der Waals surface area (Å²) < 4.78 is 38.1. The van der Waals surface area contributed by atoms with E-state index in [0.29, 0.717) is 36.4 Å². The summed E-state index contributed by atoms with van der Waals surface area (Å²) in [6.07, 6.45) is 2.21. The number of hydrogen-bond acceptors (Lipinski definition) is 8. The van der Waals surface area contributed by atoms with Crippen molar-refractivity contribution in [2.45, 2.75) is 19.4 Å². The van der Waals surface area contributed by atoms with Gasteiger partial charge in [0.1, 0.15) is 11.5 Å². The first-order chi connectivity index (χ1) is 16.4. The summed E-state index contributed by atoms with van der Waals surface area (Å²) in [6, 6.07) is 10.4. The van der Waals surface area contributed by atoms with Crippen LogP contribution in [0.25, 0.3) is 0 Å². The van der Waals surface area contributed by atoms with Crippen molar-refractivity contribution in [3.8, 4) is 17.4 Å². The highest BCUT2D eigenvalue weighted by molar-refractivity contribution is 6.00. The maximum Gasteiger partial charge on any atom is 0.258 e. The number of fused-ring (bicyclic) bond motifs is 1. The Hall–Kier alpha value is -3.99. The molecule has 0 unspecified atom stereocenters. The molecule has 4 rings (SSSR count). The number of aromatic nitrogens is 2. The van der Waals surface area contributed by atoms with Crippen LogP contribution in [-0.4, -0.2) is 46.6 Å². The van der Waals surface area contributed by atoms with Gasteiger partial charge >= 0.3 is 0 Å². The Morgan fingerprint density at radius 3 is 2.79 bits per heavy atom. The van der Waals surface area contributed by atoms with Gasteiger partial charge in [-0.05, 0) is 47.5 Å². The van der Waals surface area contributed by atoms with Crippen LogP contribution in [0, 0.1) is 0 Å². The van der Waals surface area contributed by atoms with E-state index < -0.39 is 16.9 Å². The lowest BCUT2D eigenvalue weighted by molar-refractivity contribution is 0.0814. The Morgan fingerprint density at radius 2 is 2.06 bits per heavy atom. The molecule has 0 atom stereocenters. The molecule has 3 aromatic rings. The smallest absolute Gasteiger partial charge is 0.258 e. The number of nitrogens with one attached hydrogen (secondary N) is 1. The molecule has 2 heterocycles. The summed E-state index contributed by atoms with van der Waals surface area (Å²) in [5.74, 6) is -0.0547. The number of hydrogen-bond donors (Lipinski definition) is 2. The number of anilines is 3. The van der Waals surface area contributed by atoms with E-state index in [2.05, 4.69) is 15.3 Å². The number of carbonyl (C=O) groups is 1. The highest BCUT2D eigenvalue weighted by Crippen LogP contribution is 2.37. The fourth-order valence-corrected chi connectivity index (χ4v) is 3.67. The Labute approximate surface area is 194 Å². The Balaban J connectivity index is 1.65. The number of amides is 1. The van der Waals surface area contributed by atoms with Gasteiger partial charge in [-0.1, -0.05) is 27.2 Å². The summed E-state index contributed by atoms with van der Waals surface area (Å²) in [7, 11) is 3.15. The quantitative estimate of drug-likeness (QED) is 0.450. The fraction of sp³-hybridized carbons (Fsp3) is 0.261. The first-order valence-electron chi connectivity index (χ1n) is 10.5. The highest BCUT2D eigenvalue weighted by atomic mass is 19.4. The predicted octanol–water partition coefficient (Wildman–Crippen LogP) is 4.11. The first kappa shape index (κ1) is 23.2. The van der Waals surface area contributed by atoms with Crippen LogP contribution in [0.15, 0.2) is 42.6 Å². The Bertz CT molecular complexity index is 1210. The second-order valence-corrected chi connectivity index (χ2v) is 7.66. The molecule has 0 aliphatic carbocycles. The lowest BCUT2D eigenvalue weighted by atomic mass is 10.1. The van der Waals surface area contributed by atoms with Gasteiger partial charge in [-0.15, -0.1) is 0 Å². The van der Waals surface area contributed by atoms with Gasteiger partial charge in [-0.2, -0.15) is 4.98 Å². The molecular weight excluding hydrogens is 448 g/mol. The number of rotatable bonds is 9. The standard InChI is InChI=1S/C23H23F2N5O4/c1-29-13-15-6-3-7-18(20(15)22(29)32)34-21-17(30(24)25)12-26-23(28-21)27-16-9-8-14(5-4-10-31)11-19(16)33-2/h3,6-9,11-12,31H,4-5,10,13H2,1-2H3,(H,26,27,28). The molecule has 2 N–H and O–H groups in total. The summed E-state index contributed by atoms with van der Waals surface area (Å²) in [4.78, 5) is 22.1. The van der Waals surface area contributed by atoms with Gasteiger partial charge in [0.15, 0.2) is 5.69 Å². The molecule has 1 aromatic heterocycles. The fourth-order valence-electron chi connectivity index (χ4n) is 3.67. The van der Waals surface area contributed by atoms with Gasteiger partial charge in [0, 0.05) is 20.2 Å². The molecule has 1 aliphatic rings. The second kappa shape index (κ2) is 9.87. The Kier molecular flexibility index (Phi) is 6.73. The lowest BCUT2D eigenvalue weighted by Crippen LogP contribution is -2.18. The van der Waals surface area contributed by atoms with E-state index in [0.717, 1.165) is 17.3 Å². The molecule has 11 heteroatoms. The molecule has 178 valence electrons. The highest BCUT2D eigenvalue weighted by Gasteiger charge is 2.29. The molecule has 1 amide bonds. The van der Waals surface area contributed by atoms with E-state index >= 15 is 0 Å². The van der Waals surface area contributed by atoms with Crippen LogP contribution in [0.2, 0.25) is 0 Å². The predicted molar refractivity (Wildman–Crippen MR) is 121 cm³/mol. The number of aliphatic hydroxyl groups excluding tert-OH is 1. The minimum Gasteiger partial charge on any atom is -0.495 e. The molecule has 0 radical (unpaired) electrons. The molecule has 0 saturated carbocycles. The van der Waals surface area contributed by atoms with Crippen LogP contribution in [0.4, 0.5) is 26.3 Å². The van der Waals surface area contributed by atoms with Crippen molar-refractivity contribution in [3.63, 3.8) is 0 Å². The van der Waals surface area contributed by atoms with E-state index in [4.69, 9.17) is 14.6 Å². The van der Waals surface area contributed by atoms with Crippen LogP contribution in [0.3, 0.4) is 0 Å². The van der Waals surface area contributed by atoms with Crippen LogP contribution in [0.1, 0.15) is 27.9 Å². The monoisotopic (exact) mass is 471 g/mol. The molecule has 0 fully saturated rings. The van der Waals surface area contributed by atoms with Crippen LogP contribution in [0.5, 0.6) is 17.4 Å². The van der Waals surface area contributed by atoms with Crippen LogP contribution in [-0.2, 0) is 13.0 Å². The van der Waals surface area contributed by atoms with Gasteiger partial charge in [0.05, 0.1) is 24.6 Å². The van der Waals surface area contributed by atoms with Crippen molar-refractivity contribution < 1.29 is 28.3 Å². The number of aryl methyl sites for hydroxylation is 1. The lowest BCUT2D eigenvalue weighted by Gasteiger charge is -2.15. The summed E-state index contributed by atoms with van der Waals surface area (Å²) >= 11 is 0. The van der Waals surface area contributed by atoms with E-state index in [1.807, 2.05) is 12.1 Å². The number of nitrogens with zero attached hydrogens (tertiary/aromatic N) is 4. The van der Waals surface area contributed by atoms with Crippen molar-refractivity contribution in [1.29, 1.82) is 0 Å². The maximum absolute atomic E-state index is 13.5. The molecular formula is C23H23F2N5O4. The zero-order valence-corrected chi connectivity index (χ0v) is 18.6. The van der Waals surface area contributed by atoms with Crippen molar-refractivity contribution in [1.82, 2.24) is 14.9 Å². The minimum atomic E-state index is -1.15. The Morgan fingerprint density at radius 1 is 1.24 bits per heavy atom. The van der Waals surface area contributed by atoms with Crippen molar-refractivity contribution in [3.05, 3.63) is 59.3 Å². The topological polar surface area (TPSA) is 100 Å². The third-order valence-corrected chi connectivity index (χ3v) is 5.34. The van der Waals surface area contributed by atoms with Gasteiger partial charge in [-0.25, -0.2) is 4.98 Å². The van der Waals surface area contributed by atoms with Crippen LogP contribution >= 0.6 is 0 Å². The molecule has 0 saturated heterocycles. The molecule has 1 aliphatic heterocycles. The van der Waals surface area contributed by atoms with Gasteiger partial charge in [0.2, 0.25) is 5.95 Å². The average molecular weight is 471 g/mol. The first-order valence-corrected chi connectivity index (χ1v) is 10.5. The number of aliphatic hydroxyl groups is 1. The van der Waals surface area contributed by atoms with Gasteiger partial charge in [0.25, 0.3) is 11.8 Å². The summed E-state index contributed by atoms with van der Waals surface area (Å²) in [5, 5.41) is 10.8. The van der Waals surface area contributed by atoms with Gasteiger partial charge < -0.3 is 24.8 Å². The summed E-state index contributed by atoms with van der Waals surface area (Å²) in [6.45, 7) is 0.485. The van der Waals surface area contributed by atoms with E-state index in [1.54, 1.807) is 25.2 Å². The van der Waals surface area contributed by atoms with E-state index in [1.165, 1.54) is 18.1 Å². The van der Waals surface area contributed by atoms with Crippen molar-refractivity contribution in [2.75, 3.05) is 31.4 Å². The number of halogens is 2. The molecule has 0 bridgehead atoms. The molecule has 34 heavy (non-hydrogen) atoms. The second-order valence-electron chi connectivity index (χ2n) is 7.66. The third kappa shape index (κ3) is 4.69. The number of methoxy groups -OCH3 is 1. The van der Waals surface area contributed by atoms with Crippen molar-refractivity contribution >= 4 is 23.2 Å². The maximum atomic E-state index is 13.5. The summed E-state index contributed by atoms with van der Waals surface area (Å²) in [5.41, 5.74) is 1.88. The average Bonchev–Trinajstić information content (AvgIpc) is 3.12. The minimum absolute atomic E-state index is 0.00182. The largest absolute Gasteiger partial charge is 0.495 e. The van der Waals surface area contributed by atoms with Gasteiger partial charge in [-0.3, -0.25) is 4.79 Å². The van der Waals surface area contributed by atoms with Crippen LogP contribution < -0.4 is 20.1 Å². The molecule has 9 nitrogen and oxygen atoms in total. The number of benzene rings is 2. The zero-order chi connectivity index (χ0) is 24.2. The number of carbonyl (C=O) groups excluding carboxylic acids is 1. The molecule has 2 aromatic carbocycles. The van der Waals surface area contributed by atoms with Crippen molar-refractivity contribution in [2.24, 2.45) is 0 Å². The zero-order valence-electron chi connectivity index (χ0n) is 18.6. The number of ether oxygens (including phenoxy) is 2. The molecule has 0 spiro atoms. The van der Waals surface area contributed by atoms with E-state index in [9.17, 15) is 13.8 Å². The third-order valence-electron chi connectivity index (χ3n) is 5.34. The SMILES string of the molecule is COc1cc(CCCO)ccc1Nc1ncc(N(F)F)c(Oc2cccc3c2C(=O)N(C)C3)n1. The van der Waals surface area contributed by atoms with E-state index in [-0.39, 0.29) is 24.2 Å². The normalized spacial score (nSPS) is 12.5.